The maximum absolute atomic E-state index is 12.3. The molecule has 0 saturated heterocycles. The number of carbonyl (C=O) groups excluding carboxylic acids is 1. The molecule has 23 heavy (non-hydrogen) atoms. The van der Waals surface area contributed by atoms with Crippen molar-refractivity contribution in [2.45, 2.75) is 37.5 Å². The van der Waals surface area contributed by atoms with Gasteiger partial charge in [-0.3, -0.25) is 4.79 Å². The van der Waals surface area contributed by atoms with E-state index in [0.29, 0.717) is 11.7 Å². The van der Waals surface area contributed by atoms with Crippen LogP contribution in [0.3, 0.4) is 0 Å². The molecule has 2 aromatic rings. The molecule has 1 heterocycles. The van der Waals surface area contributed by atoms with Gasteiger partial charge in [0.25, 0.3) is 0 Å². The molecule has 1 aromatic heterocycles. The molecule has 1 aromatic carbocycles. The molecule has 1 saturated carbocycles. The minimum absolute atomic E-state index is 0.113. The standard InChI is InChI=1S/C19H23NO2S/c21-18(14-23-13-17-11-6-12-22-17)20-19(16-9-4-5-10-16)15-7-2-1-3-8-15/h1-3,6-8,11-12,16,19H,4-5,9-10,13-14H2,(H,20,21). The van der Waals surface area contributed by atoms with Crippen molar-refractivity contribution in [2.24, 2.45) is 5.92 Å². The summed E-state index contributed by atoms with van der Waals surface area (Å²) in [7, 11) is 0. The van der Waals surface area contributed by atoms with Crippen LogP contribution in [0.4, 0.5) is 0 Å². The quantitative estimate of drug-likeness (QED) is 0.809. The third kappa shape index (κ3) is 4.64. The van der Waals surface area contributed by atoms with E-state index in [2.05, 4.69) is 29.6 Å². The summed E-state index contributed by atoms with van der Waals surface area (Å²) in [5.41, 5.74) is 1.23. The van der Waals surface area contributed by atoms with Gasteiger partial charge in [0.1, 0.15) is 5.76 Å². The molecule has 1 N–H and O–H groups in total. The number of benzene rings is 1. The van der Waals surface area contributed by atoms with E-state index >= 15 is 0 Å². The van der Waals surface area contributed by atoms with Crippen molar-refractivity contribution in [3.05, 3.63) is 60.1 Å². The molecule has 0 spiro atoms. The zero-order valence-electron chi connectivity index (χ0n) is 13.2. The lowest BCUT2D eigenvalue weighted by Gasteiger charge is -2.25. The minimum atomic E-state index is 0.113. The number of rotatable bonds is 7. The summed E-state index contributed by atoms with van der Waals surface area (Å²) in [6.45, 7) is 0. The molecule has 3 nitrogen and oxygen atoms in total. The van der Waals surface area contributed by atoms with Crippen molar-refractivity contribution in [2.75, 3.05) is 5.75 Å². The molecule has 1 aliphatic carbocycles. The predicted octanol–water partition coefficient (Wildman–Crippen LogP) is 4.56. The normalized spacial score (nSPS) is 16.3. The van der Waals surface area contributed by atoms with E-state index in [1.807, 2.05) is 18.2 Å². The molecular weight excluding hydrogens is 306 g/mol. The summed E-state index contributed by atoms with van der Waals surface area (Å²) < 4.78 is 5.29. The van der Waals surface area contributed by atoms with Crippen LogP contribution in [0.1, 0.15) is 43.0 Å². The first-order valence-electron chi connectivity index (χ1n) is 8.27. The van der Waals surface area contributed by atoms with Gasteiger partial charge < -0.3 is 9.73 Å². The summed E-state index contributed by atoms with van der Waals surface area (Å²) >= 11 is 1.59. The summed E-state index contributed by atoms with van der Waals surface area (Å²) in [5.74, 6) is 2.80. The smallest absolute Gasteiger partial charge is 0.230 e. The van der Waals surface area contributed by atoms with Gasteiger partial charge in [-0.2, -0.15) is 0 Å². The molecule has 1 fully saturated rings. The van der Waals surface area contributed by atoms with Crippen molar-refractivity contribution < 1.29 is 9.21 Å². The number of nitrogens with one attached hydrogen (secondary N) is 1. The van der Waals surface area contributed by atoms with Gasteiger partial charge in [0.05, 0.1) is 23.8 Å². The van der Waals surface area contributed by atoms with Gasteiger partial charge in [-0.1, -0.05) is 43.2 Å². The van der Waals surface area contributed by atoms with Crippen molar-refractivity contribution >= 4 is 17.7 Å². The van der Waals surface area contributed by atoms with Crippen molar-refractivity contribution in [3.63, 3.8) is 0 Å². The molecule has 4 heteroatoms. The van der Waals surface area contributed by atoms with E-state index in [1.54, 1.807) is 18.0 Å². The zero-order valence-corrected chi connectivity index (χ0v) is 14.1. The summed E-state index contributed by atoms with van der Waals surface area (Å²) in [4.78, 5) is 12.3. The van der Waals surface area contributed by atoms with Crippen LogP contribution in [0.25, 0.3) is 0 Å². The van der Waals surface area contributed by atoms with Crippen molar-refractivity contribution in [3.8, 4) is 0 Å². The van der Waals surface area contributed by atoms with Crippen molar-refractivity contribution in [1.82, 2.24) is 5.32 Å². The maximum Gasteiger partial charge on any atom is 0.230 e. The lowest BCUT2D eigenvalue weighted by molar-refractivity contribution is -0.119. The fourth-order valence-corrected chi connectivity index (χ4v) is 4.01. The van der Waals surface area contributed by atoms with E-state index in [1.165, 1.54) is 31.2 Å². The Morgan fingerprint density at radius 2 is 1.96 bits per heavy atom. The maximum atomic E-state index is 12.3. The minimum Gasteiger partial charge on any atom is -0.468 e. The van der Waals surface area contributed by atoms with E-state index in [9.17, 15) is 4.79 Å². The highest BCUT2D eigenvalue weighted by atomic mass is 32.2. The number of furan rings is 1. The van der Waals surface area contributed by atoms with Crippen LogP contribution in [-0.4, -0.2) is 11.7 Å². The highest BCUT2D eigenvalue weighted by Crippen LogP contribution is 2.35. The average Bonchev–Trinajstić information content (AvgIpc) is 3.27. The van der Waals surface area contributed by atoms with E-state index in [0.717, 1.165) is 11.5 Å². The van der Waals surface area contributed by atoms with Gasteiger partial charge in [-0.25, -0.2) is 0 Å². The highest BCUT2D eigenvalue weighted by Gasteiger charge is 2.27. The van der Waals surface area contributed by atoms with E-state index in [4.69, 9.17) is 4.42 Å². The molecule has 0 bridgehead atoms. The molecule has 1 atom stereocenters. The first kappa shape index (κ1) is 16.2. The first-order chi connectivity index (χ1) is 11.3. The Morgan fingerprint density at radius 1 is 1.17 bits per heavy atom. The topological polar surface area (TPSA) is 42.2 Å². The Morgan fingerprint density at radius 3 is 2.65 bits per heavy atom. The summed E-state index contributed by atoms with van der Waals surface area (Å²) in [6.07, 6.45) is 6.63. The lowest BCUT2D eigenvalue weighted by Crippen LogP contribution is -2.33. The van der Waals surface area contributed by atoms with Gasteiger partial charge in [-0.05, 0) is 36.5 Å². The van der Waals surface area contributed by atoms with Crippen LogP contribution >= 0.6 is 11.8 Å². The van der Waals surface area contributed by atoms with E-state index in [-0.39, 0.29) is 11.9 Å². The Hall–Kier alpha value is -1.68. The molecule has 1 amide bonds. The monoisotopic (exact) mass is 329 g/mol. The largest absolute Gasteiger partial charge is 0.468 e. The van der Waals surface area contributed by atoms with Crippen LogP contribution < -0.4 is 5.32 Å². The zero-order chi connectivity index (χ0) is 15.9. The Balaban J connectivity index is 1.56. The van der Waals surface area contributed by atoms with Gasteiger partial charge >= 0.3 is 0 Å². The number of amides is 1. The molecule has 1 unspecified atom stereocenters. The third-order valence-corrected chi connectivity index (χ3v) is 5.36. The Kier molecular flexibility index (Phi) is 5.81. The van der Waals surface area contributed by atoms with Gasteiger partial charge in [0.15, 0.2) is 0 Å². The van der Waals surface area contributed by atoms with Crippen LogP contribution in [0.15, 0.2) is 53.1 Å². The fraction of sp³-hybridized carbons (Fsp3) is 0.421. The molecular formula is C19H23NO2S. The molecule has 1 aliphatic rings. The Bertz CT molecular complexity index is 591. The third-order valence-electron chi connectivity index (χ3n) is 4.40. The lowest BCUT2D eigenvalue weighted by atomic mass is 9.91. The second-order valence-electron chi connectivity index (χ2n) is 6.07. The first-order valence-corrected chi connectivity index (χ1v) is 9.43. The molecule has 3 rings (SSSR count). The summed E-state index contributed by atoms with van der Waals surface area (Å²) in [5, 5.41) is 3.26. The van der Waals surface area contributed by atoms with Crippen LogP contribution in [0, 0.1) is 5.92 Å². The second kappa shape index (κ2) is 8.25. The second-order valence-corrected chi connectivity index (χ2v) is 7.06. The number of thioether (sulfide) groups is 1. The predicted molar refractivity (Wildman–Crippen MR) is 94.2 cm³/mol. The van der Waals surface area contributed by atoms with Gasteiger partial charge in [0, 0.05) is 0 Å². The average molecular weight is 329 g/mol. The van der Waals surface area contributed by atoms with Gasteiger partial charge in [-0.15, -0.1) is 11.8 Å². The highest BCUT2D eigenvalue weighted by molar-refractivity contribution is 7.99. The molecule has 0 aliphatic heterocycles. The number of hydrogen-bond acceptors (Lipinski definition) is 3. The Labute approximate surface area is 141 Å². The van der Waals surface area contributed by atoms with Crippen LogP contribution in [-0.2, 0) is 10.5 Å². The van der Waals surface area contributed by atoms with Crippen LogP contribution in [0.2, 0.25) is 0 Å². The summed E-state index contributed by atoms with van der Waals surface area (Å²) in [6, 6.07) is 14.3. The SMILES string of the molecule is O=C(CSCc1ccco1)NC(c1ccccc1)C1CCCC1. The number of carbonyl (C=O) groups is 1. The van der Waals surface area contributed by atoms with Crippen molar-refractivity contribution in [1.29, 1.82) is 0 Å². The number of hydrogen-bond donors (Lipinski definition) is 1. The van der Waals surface area contributed by atoms with Crippen LogP contribution in [0.5, 0.6) is 0 Å². The molecule has 122 valence electrons. The molecule has 0 radical (unpaired) electrons. The fourth-order valence-electron chi connectivity index (χ4n) is 3.28. The van der Waals surface area contributed by atoms with E-state index < -0.39 is 0 Å². The van der Waals surface area contributed by atoms with Gasteiger partial charge in [0.2, 0.25) is 5.91 Å².